The molecule has 252 valence electrons. The molecule has 54 heavy (non-hydrogen) atoms. The molecule has 3 aromatic heterocycles. The molecular formula is C49H30N4S. The second kappa shape index (κ2) is 12.3. The number of thiophene rings is 1. The van der Waals surface area contributed by atoms with Gasteiger partial charge in [-0.3, -0.25) is 0 Å². The average molecular weight is 707 g/mol. The molecule has 0 aliphatic carbocycles. The van der Waals surface area contributed by atoms with Gasteiger partial charge < -0.3 is 4.57 Å². The van der Waals surface area contributed by atoms with E-state index in [2.05, 4.69) is 168 Å². The minimum atomic E-state index is 0.647. The quantitative estimate of drug-likeness (QED) is 0.179. The van der Waals surface area contributed by atoms with Crippen LogP contribution in [0.15, 0.2) is 182 Å². The number of benzene rings is 8. The van der Waals surface area contributed by atoms with Crippen LogP contribution in [0.5, 0.6) is 0 Å². The highest BCUT2D eigenvalue weighted by Crippen LogP contribution is 2.42. The molecule has 0 atom stereocenters. The Bertz CT molecular complexity index is 3210. The Balaban J connectivity index is 1.10. The van der Waals surface area contributed by atoms with Gasteiger partial charge in [0.1, 0.15) is 0 Å². The summed E-state index contributed by atoms with van der Waals surface area (Å²) in [5.41, 5.74) is 8.79. The molecule has 0 N–H and O–H groups in total. The Labute approximate surface area is 315 Å². The number of para-hydroxylation sites is 2. The molecule has 0 radical (unpaired) electrons. The second-order valence-corrected chi connectivity index (χ2v) is 14.7. The van der Waals surface area contributed by atoms with Gasteiger partial charge in [0, 0.05) is 53.3 Å². The number of nitrogens with zero attached hydrogens (tertiary/aromatic N) is 4. The molecule has 0 unspecified atom stereocenters. The Morgan fingerprint density at radius 2 is 0.981 bits per heavy atom. The second-order valence-electron chi connectivity index (χ2n) is 13.6. The molecule has 0 aliphatic heterocycles. The first-order valence-electron chi connectivity index (χ1n) is 18.1. The first-order valence-corrected chi connectivity index (χ1v) is 18.9. The monoisotopic (exact) mass is 706 g/mol. The van der Waals surface area contributed by atoms with E-state index in [1.54, 1.807) is 11.3 Å². The zero-order valence-corrected chi connectivity index (χ0v) is 29.8. The van der Waals surface area contributed by atoms with E-state index in [0.29, 0.717) is 17.5 Å². The number of fused-ring (bicyclic) bond motifs is 7. The van der Waals surface area contributed by atoms with Crippen LogP contribution in [0.25, 0.3) is 104 Å². The topological polar surface area (TPSA) is 43.6 Å². The Hall–Kier alpha value is -6.95. The lowest BCUT2D eigenvalue weighted by molar-refractivity contribution is 1.08. The fraction of sp³-hybridized carbons (Fsp3) is 0. The number of rotatable bonds is 5. The SMILES string of the molecule is c1ccc(-c2nc(-c3ccc4c(c3)c3ccccc3n4-c3ccccc3)nc(-c3cccc4c3sc3ccc(-c5cccc6ccccc56)cc34)n2)cc1. The molecule has 0 fully saturated rings. The number of hydrogen-bond acceptors (Lipinski definition) is 4. The van der Waals surface area contributed by atoms with E-state index < -0.39 is 0 Å². The molecule has 3 heterocycles. The summed E-state index contributed by atoms with van der Waals surface area (Å²) in [7, 11) is 0. The van der Waals surface area contributed by atoms with Crippen molar-refractivity contribution < 1.29 is 0 Å². The number of hydrogen-bond donors (Lipinski definition) is 0. The normalized spacial score (nSPS) is 11.7. The lowest BCUT2D eigenvalue weighted by Crippen LogP contribution is -2.00. The predicted molar refractivity (Wildman–Crippen MR) is 226 cm³/mol. The van der Waals surface area contributed by atoms with E-state index in [9.17, 15) is 0 Å². The molecule has 0 amide bonds. The first-order chi connectivity index (χ1) is 26.8. The fourth-order valence-corrected chi connectivity index (χ4v) is 9.12. The van der Waals surface area contributed by atoms with E-state index in [0.717, 1.165) is 38.8 Å². The van der Waals surface area contributed by atoms with Gasteiger partial charge in [-0.25, -0.2) is 15.0 Å². The summed E-state index contributed by atoms with van der Waals surface area (Å²) in [6.45, 7) is 0. The van der Waals surface area contributed by atoms with Gasteiger partial charge in [-0.2, -0.15) is 0 Å². The van der Waals surface area contributed by atoms with Crippen LogP contribution in [-0.4, -0.2) is 19.5 Å². The van der Waals surface area contributed by atoms with Gasteiger partial charge in [0.25, 0.3) is 0 Å². The van der Waals surface area contributed by atoms with Crippen LogP contribution in [-0.2, 0) is 0 Å². The minimum absolute atomic E-state index is 0.647. The van der Waals surface area contributed by atoms with Crippen LogP contribution in [0.2, 0.25) is 0 Å². The van der Waals surface area contributed by atoms with Crippen molar-refractivity contribution in [3.8, 4) is 51.0 Å². The summed E-state index contributed by atoms with van der Waals surface area (Å²) < 4.78 is 4.73. The third-order valence-corrected chi connectivity index (χ3v) is 11.7. The maximum atomic E-state index is 5.25. The minimum Gasteiger partial charge on any atom is -0.309 e. The Morgan fingerprint density at radius 1 is 0.370 bits per heavy atom. The van der Waals surface area contributed by atoms with Gasteiger partial charge in [0.15, 0.2) is 17.5 Å². The molecule has 11 rings (SSSR count). The molecule has 11 aromatic rings. The molecule has 0 aliphatic rings. The van der Waals surface area contributed by atoms with Crippen molar-refractivity contribution in [2.45, 2.75) is 0 Å². The van der Waals surface area contributed by atoms with E-state index in [1.165, 1.54) is 47.5 Å². The van der Waals surface area contributed by atoms with Gasteiger partial charge in [-0.1, -0.05) is 127 Å². The van der Waals surface area contributed by atoms with Crippen LogP contribution in [0.4, 0.5) is 0 Å². The molecule has 4 nitrogen and oxygen atoms in total. The summed E-state index contributed by atoms with van der Waals surface area (Å²) in [4.78, 5) is 15.5. The van der Waals surface area contributed by atoms with Gasteiger partial charge in [-0.05, 0) is 76.5 Å². The molecule has 5 heteroatoms. The van der Waals surface area contributed by atoms with E-state index >= 15 is 0 Å². The van der Waals surface area contributed by atoms with Crippen molar-refractivity contribution in [3.63, 3.8) is 0 Å². The van der Waals surface area contributed by atoms with Crippen LogP contribution in [0, 0.1) is 0 Å². The van der Waals surface area contributed by atoms with E-state index in [-0.39, 0.29) is 0 Å². The van der Waals surface area contributed by atoms with Crippen LogP contribution < -0.4 is 0 Å². The average Bonchev–Trinajstić information content (AvgIpc) is 3.79. The zero-order chi connectivity index (χ0) is 35.6. The molecular weight excluding hydrogens is 677 g/mol. The maximum Gasteiger partial charge on any atom is 0.165 e. The Morgan fingerprint density at radius 3 is 1.85 bits per heavy atom. The van der Waals surface area contributed by atoms with E-state index in [4.69, 9.17) is 15.0 Å². The maximum absolute atomic E-state index is 5.25. The highest BCUT2D eigenvalue weighted by Gasteiger charge is 2.19. The highest BCUT2D eigenvalue weighted by atomic mass is 32.1. The summed E-state index contributed by atoms with van der Waals surface area (Å²) in [6, 6.07) is 64.4. The highest BCUT2D eigenvalue weighted by molar-refractivity contribution is 7.26. The van der Waals surface area contributed by atoms with Crippen LogP contribution in [0.3, 0.4) is 0 Å². The third kappa shape index (κ3) is 4.94. The van der Waals surface area contributed by atoms with Crippen molar-refractivity contribution >= 4 is 64.1 Å². The van der Waals surface area contributed by atoms with Crippen LogP contribution >= 0.6 is 11.3 Å². The zero-order valence-electron chi connectivity index (χ0n) is 29.0. The van der Waals surface area contributed by atoms with Gasteiger partial charge >= 0.3 is 0 Å². The number of aromatic nitrogens is 4. The van der Waals surface area contributed by atoms with Crippen molar-refractivity contribution in [3.05, 3.63) is 182 Å². The van der Waals surface area contributed by atoms with Gasteiger partial charge in [-0.15, -0.1) is 11.3 Å². The smallest absolute Gasteiger partial charge is 0.165 e. The molecule has 0 spiro atoms. The van der Waals surface area contributed by atoms with Crippen LogP contribution in [0.1, 0.15) is 0 Å². The summed E-state index contributed by atoms with van der Waals surface area (Å²) in [5, 5.41) is 7.28. The van der Waals surface area contributed by atoms with Crippen molar-refractivity contribution in [2.24, 2.45) is 0 Å². The third-order valence-electron chi connectivity index (χ3n) is 10.5. The first kappa shape index (κ1) is 30.7. The molecule has 0 saturated heterocycles. The summed E-state index contributed by atoms with van der Waals surface area (Å²) in [6.07, 6.45) is 0. The molecule has 8 aromatic carbocycles. The van der Waals surface area contributed by atoms with Crippen molar-refractivity contribution in [1.29, 1.82) is 0 Å². The molecule has 0 bridgehead atoms. The predicted octanol–water partition coefficient (Wildman–Crippen LogP) is 13.2. The van der Waals surface area contributed by atoms with Crippen molar-refractivity contribution in [1.82, 2.24) is 19.5 Å². The Kier molecular flexibility index (Phi) is 7.00. The largest absolute Gasteiger partial charge is 0.309 e. The summed E-state index contributed by atoms with van der Waals surface area (Å²) in [5.74, 6) is 1.96. The fourth-order valence-electron chi connectivity index (χ4n) is 7.93. The lowest BCUT2D eigenvalue weighted by Gasteiger charge is -2.10. The lowest BCUT2D eigenvalue weighted by atomic mass is 9.97. The van der Waals surface area contributed by atoms with Crippen molar-refractivity contribution in [2.75, 3.05) is 0 Å². The van der Waals surface area contributed by atoms with Gasteiger partial charge in [0.2, 0.25) is 0 Å². The van der Waals surface area contributed by atoms with E-state index in [1.807, 2.05) is 18.2 Å². The molecule has 0 saturated carbocycles. The van der Waals surface area contributed by atoms with Gasteiger partial charge in [0.05, 0.1) is 11.0 Å². The summed E-state index contributed by atoms with van der Waals surface area (Å²) >= 11 is 1.79. The standard InChI is InChI=1S/C49H30N4S/c1-3-14-32(15-4-1)47-50-48(34-25-27-44-41(30-34)38-20-9-10-24-43(38)53(44)35-17-5-2-6-18-35)52-49(51-47)40-23-12-22-39-42-29-33(26-28-45(42)54-46(39)40)37-21-11-16-31-13-7-8-19-36(31)37/h1-30H.